The van der Waals surface area contributed by atoms with Gasteiger partial charge in [-0.15, -0.1) is 0 Å². The third-order valence-electron chi connectivity index (χ3n) is 3.75. The highest BCUT2D eigenvalue weighted by Gasteiger charge is 2.29. The zero-order valence-corrected chi connectivity index (χ0v) is 12.2. The summed E-state index contributed by atoms with van der Waals surface area (Å²) >= 11 is 0. The molecule has 2 amide bonds. The van der Waals surface area contributed by atoms with E-state index in [1.165, 1.54) is 0 Å². The van der Waals surface area contributed by atoms with Crippen LogP contribution in [-0.4, -0.2) is 38.4 Å². The first kappa shape index (κ1) is 14.2. The number of carbonyl (C=O) groups is 2. The molecule has 0 unspecified atom stereocenters. The molecule has 1 aliphatic heterocycles. The number of aromatic nitrogens is 3. The molecule has 2 N–H and O–H groups in total. The molecule has 1 saturated heterocycles. The zero-order valence-electron chi connectivity index (χ0n) is 12.2. The van der Waals surface area contributed by atoms with Crippen LogP contribution in [0.2, 0.25) is 0 Å². The number of H-pyrrole nitrogens is 1. The minimum Gasteiger partial charge on any atom is -0.334 e. The lowest BCUT2D eigenvalue weighted by Gasteiger charge is -2.23. The van der Waals surface area contributed by atoms with Gasteiger partial charge in [0, 0.05) is 19.5 Å². The number of pyridine rings is 1. The highest BCUT2D eigenvalue weighted by molar-refractivity contribution is 6.02. The van der Waals surface area contributed by atoms with Crippen LogP contribution >= 0.6 is 0 Å². The average molecular weight is 299 g/mol. The second-order valence-corrected chi connectivity index (χ2v) is 5.24. The molecule has 0 aromatic carbocycles. The molecule has 1 atom stereocenters. The van der Waals surface area contributed by atoms with Crippen molar-refractivity contribution in [2.24, 2.45) is 0 Å². The highest BCUT2D eigenvalue weighted by Crippen LogP contribution is 2.30. The van der Waals surface area contributed by atoms with Crippen molar-refractivity contribution in [2.45, 2.75) is 25.8 Å². The number of amides is 2. The van der Waals surface area contributed by atoms with Gasteiger partial charge in [0.1, 0.15) is 11.5 Å². The number of nitrogens with one attached hydrogen (secondary N) is 2. The van der Waals surface area contributed by atoms with Gasteiger partial charge in [-0.05, 0) is 25.0 Å². The van der Waals surface area contributed by atoms with Crippen LogP contribution in [0.3, 0.4) is 0 Å². The van der Waals surface area contributed by atoms with Crippen LogP contribution in [0, 0.1) is 0 Å². The molecule has 114 valence electrons. The van der Waals surface area contributed by atoms with Crippen LogP contribution in [0.4, 0.5) is 5.82 Å². The molecule has 22 heavy (non-hydrogen) atoms. The van der Waals surface area contributed by atoms with Crippen LogP contribution in [-0.2, 0) is 4.79 Å². The Morgan fingerprint density at radius 2 is 2.23 bits per heavy atom. The fraction of sp³-hybridized carbons (Fsp3) is 0.333. The van der Waals surface area contributed by atoms with Gasteiger partial charge in [0.25, 0.3) is 5.91 Å². The standard InChI is InChI=1S/C15H17N5O2/c1-10(21)20-9-3-6-13(20)11-4-2-5-12(17-11)15(22)18-14-7-8-16-19-14/h2,4-5,7-8,13H,3,6,9H2,1H3,(H2,16,18,19,22)/t13-/m1/s1. The van der Waals surface area contributed by atoms with Crippen molar-refractivity contribution in [3.63, 3.8) is 0 Å². The molecule has 2 aromatic rings. The predicted octanol–water partition coefficient (Wildman–Crippen LogP) is 1.74. The van der Waals surface area contributed by atoms with E-state index in [0.29, 0.717) is 11.5 Å². The van der Waals surface area contributed by atoms with Crippen LogP contribution < -0.4 is 5.32 Å². The quantitative estimate of drug-likeness (QED) is 0.903. The molecule has 0 spiro atoms. The number of aromatic amines is 1. The Kier molecular flexibility index (Phi) is 3.86. The van der Waals surface area contributed by atoms with Gasteiger partial charge in [0.15, 0.2) is 0 Å². The van der Waals surface area contributed by atoms with E-state index in [2.05, 4.69) is 20.5 Å². The fourth-order valence-electron chi connectivity index (χ4n) is 2.73. The van der Waals surface area contributed by atoms with Crippen LogP contribution in [0.15, 0.2) is 30.5 Å². The first-order valence-corrected chi connectivity index (χ1v) is 7.20. The summed E-state index contributed by atoms with van der Waals surface area (Å²) in [6.07, 6.45) is 3.39. The largest absolute Gasteiger partial charge is 0.334 e. The maximum atomic E-state index is 12.2. The van der Waals surface area contributed by atoms with Crippen molar-refractivity contribution in [1.29, 1.82) is 0 Å². The lowest BCUT2D eigenvalue weighted by molar-refractivity contribution is -0.129. The van der Waals surface area contributed by atoms with E-state index in [1.54, 1.807) is 36.2 Å². The lowest BCUT2D eigenvalue weighted by atomic mass is 10.1. The first-order chi connectivity index (χ1) is 10.6. The third kappa shape index (κ3) is 2.83. The summed E-state index contributed by atoms with van der Waals surface area (Å²) in [5.41, 5.74) is 1.08. The summed E-state index contributed by atoms with van der Waals surface area (Å²) in [6, 6.07) is 6.93. The van der Waals surface area contributed by atoms with E-state index in [4.69, 9.17) is 0 Å². The van der Waals surface area contributed by atoms with Gasteiger partial charge < -0.3 is 10.2 Å². The van der Waals surface area contributed by atoms with Crippen molar-refractivity contribution < 1.29 is 9.59 Å². The first-order valence-electron chi connectivity index (χ1n) is 7.20. The summed E-state index contributed by atoms with van der Waals surface area (Å²) in [5, 5.41) is 9.13. The maximum Gasteiger partial charge on any atom is 0.275 e. The van der Waals surface area contributed by atoms with Gasteiger partial charge in [0.2, 0.25) is 5.91 Å². The monoisotopic (exact) mass is 299 g/mol. The van der Waals surface area contributed by atoms with Crippen molar-refractivity contribution in [3.8, 4) is 0 Å². The molecule has 3 rings (SSSR count). The van der Waals surface area contributed by atoms with Gasteiger partial charge in [-0.1, -0.05) is 6.07 Å². The lowest BCUT2D eigenvalue weighted by Crippen LogP contribution is -2.29. The number of hydrogen-bond donors (Lipinski definition) is 2. The number of nitrogens with zero attached hydrogens (tertiary/aromatic N) is 3. The third-order valence-corrected chi connectivity index (χ3v) is 3.75. The van der Waals surface area contributed by atoms with Crippen LogP contribution in [0.5, 0.6) is 0 Å². The van der Waals surface area contributed by atoms with Gasteiger partial charge in [-0.3, -0.25) is 14.7 Å². The maximum absolute atomic E-state index is 12.2. The summed E-state index contributed by atoms with van der Waals surface area (Å²) in [4.78, 5) is 30.1. The SMILES string of the molecule is CC(=O)N1CCC[C@@H]1c1cccc(C(=O)Nc2ccn[nH]2)n1. The Morgan fingerprint density at radius 1 is 1.36 bits per heavy atom. The molecule has 0 radical (unpaired) electrons. The molecule has 0 saturated carbocycles. The molecule has 0 bridgehead atoms. The van der Waals surface area contributed by atoms with Gasteiger partial charge in [0.05, 0.1) is 17.9 Å². The number of carbonyl (C=O) groups excluding carboxylic acids is 2. The number of hydrogen-bond acceptors (Lipinski definition) is 4. The van der Waals surface area contributed by atoms with E-state index < -0.39 is 0 Å². The van der Waals surface area contributed by atoms with Crippen molar-refractivity contribution in [2.75, 3.05) is 11.9 Å². The summed E-state index contributed by atoms with van der Waals surface area (Å²) < 4.78 is 0. The fourth-order valence-corrected chi connectivity index (χ4v) is 2.73. The minimum absolute atomic E-state index is 0.0385. The molecule has 1 aliphatic rings. The summed E-state index contributed by atoms with van der Waals surface area (Å²) in [6.45, 7) is 2.30. The molecule has 0 aliphatic carbocycles. The Hall–Kier alpha value is -2.70. The van der Waals surface area contributed by atoms with E-state index in [1.807, 2.05) is 6.07 Å². The van der Waals surface area contributed by atoms with E-state index in [-0.39, 0.29) is 17.9 Å². The molecule has 2 aromatic heterocycles. The van der Waals surface area contributed by atoms with Gasteiger partial charge in [-0.2, -0.15) is 5.10 Å². The number of rotatable bonds is 3. The normalized spacial score (nSPS) is 17.5. The van der Waals surface area contributed by atoms with Gasteiger partial charge in [-0.25, -0.2) is 4.98 Å². The summed E-state index contributed by atoms with van der Waals surface area (Å²) in [5.74, 6) is 0.249. The second kappa shape index (κ2) is 5.97. The van der Waals surface area contributed by atoms with E-state index >= 15 is 0 Å². The van der Waals surface area contributed by atoms with Crippen molar-refractivity contribution in [1.82, 2.24) is 20.1 Å². The highest BCUT2D eigenvalue weighted by atomic mass is 16.2. The van der Waals surface area contributed by atoms with Crippen LogP contribution in [0.1, 0.15) is 42.0 Å². The molecule has 1 fully saturated rings. The van der Waals surface area contributed by atoms with Crippen molar-refractivity contribution in [3.05, 3.63) is 41.9 Å². The van der Waals surface area contributed by atoms with Gasteiger partial charge >= 0.3 is 0 Å². The molecule has 3 heterocycles. The van der Waals surface area contributed by atoms with Crippen LogP contribution in [0.25, 0.3) is 0 Å². The number of likely N-dealkylation sites (tertiary alicyclic amines) is 1. The average Bonchev–Trinajstić information content (AvgIpc) is 3.18. The molecular weight excluding hydrogens is 282 g/mol. The zero-order chi connectivity index (χ0) is 15.5. The molecule has 7 heteroatoms. The molecular formula is C15H17N5O2. The minimum atomic E-state index is -0.307. The Bertz CT molecular complexity index is 683. The smallest absolute Gasteiger partial charge is 0.275 e. The number of anilines is 1. The Balaban J connectivity index is 1.80. The second-order valence-electron chi connectivity index (χ2n) is 5.24. The Morgan fingerprint density at radius 3 is 2.95 bits per heavy atom. The summed E-state index contributed by atoms with van der Waals surface area (Å²) in [7, 11) is 0. The van der Waals surface area contributed by atoms with E-state index in [0.717, 1.165) is 25.1 Å². The van der Waals surface area contributed by atoms with E-state index in [9.17, 15) is 9.59 Å². The molecule has 7 nitrogen and oxygen atoms in total. The van der Waals surface area contributed by atoms with Crippen molar-refractivity contribution >= 4 is 17.6 Å². The Labute approximate surface area is 127 Å². The predicted molar refractivity (Wildman–Crippen MR) is 80.1 cm³/mol. The topological polar surface area (TPSA) is 91.0 Å².